The summed E-state index contributed by atoms with van der Waals surface area (Å²) in [6.07, 6.45) is 7.80. The zero-order chi connectivity index (χ0) is 22.6. The van der Waals surface area contributed by atoms with Crippen LogP contribution in [-0.4, -0.2) is 29.3 Å². The lowest BCUT2D eigenvalue weighted by Crippen LogP contribution is -2.47. The molecular formula is C25H30BrN3O2S. The van der Waals surface area contributed by atoms with E-state index < -0.39 is 6.04 Å². The predicted octanol–water partition coefficient (Wildman–Crippen LogP) is 5.70. The molecule has 0 aliphatic heterocycles. The van der Waals surface area contributed by atoms with Crippen LogP contribution in [0, 0.1) is 0 Å². The van der Waals surface area contributed by atoms with Crippen LogP contribution in [0.4, 0.5) is 0 Å². The first-order valence-corrected chi connectivity index (χ1v) is 13.1. The summed E-state index contributed by atoms with van der Waals surface area (Å²) in [6, 6.07) is 16.6. The highest BCUT2D eigenvalue weighted by Gasteiger charge is 2.22. The Morgan fingerprint density at radius 2 is 1.59 bits per heavy atom. The number of amides is 2. The molecule has 0 aromatic heterocycles. The molecular weight excluding hydrogens is 486 g/mol. The van der Waals surface area contributed by atoms with Crippen molar-refractivity contribution in [3.8, 4) is 0 Å². The first kappa shape index (κ1) is 24.5. The first-order chi connectivity index (χ1) is 15.6. The molecule has 0 radical (unpaired) electrons. The van der Waals surface area contributed by atoms with Crippen LogP contribution in [0.2, 0.25) is 0 Å². The van der Waals surface area contributed by atoms with Crippen LogP contribution in [0.5, 0.6) is 0 Å². The number of hydrogen-bond donors (Lipinski definition) is 2. The van der Waals surface area contributed by atoms with E-state index in [9.17, 15) is 9.59 Å². The third kappa shape index (κ3) is 8.10. The second kappa shape index (κ2) is 13.4. The summed E-state index contributed by atoms with van der Waals surface area (Å²) in [5.74, 6) is 0.670. The number of hydrazone groups is 1. The average molecular weight is 517 g/mol. The molecule has 2 N–H and O–H groups in total. The van der Waals surface area contributed by atoms with Crippen molar-refractivity contribution >= 4 is 45.2 Å². The van der Waals surface area contributed by atoms with Gasteiger partial charge in [-0.25, -0.2) is 5.43 Å². The van der Waals surface area contributed by atoms with Crippen molar-refractivity contribution in [3.05, 3.63) is 70.2 Å². The summed E-state index contributed by atoms with van der Waals surface area (Å²) in [7, 11) is 0. The van der Waals surface area contributed by atoms with Crippen LogP contribution in [0.1, 0.15) is 60.9 Å². The van der Waals surface area contributed by atoms with Crippen molar-refractivity contribution in [2.75, 3.05) is 5.75 Å². The second-order valence-corrected chi connectivity index (χ2v) is 9.81. The lowest BCUT2D eigenvalue weighted by atomic mass is 9.99. The Hall–Kier alpha value is -2.12. The minimum atomic E-state index is -0.679. The van der Waals surface area contributed by atoms with Gasteiger partial charge in [0.1, 0.15) is 6.04 Å². The minimum absolute atomic E-state index is 0.277. The van der Waals surface area contributed by atoms with Gasteiger partial charge in [0.05, 0.1) is 5.56 Å². The molecule has 2 amide bonds. The maximum absolute atomic E-state index is 13.0. The Morgan fingerprint density at radius 3 is 2.31 bits per heavy atom. The van der Waals surface area contributed by atoms with Gasteiger partial charge in [-0.3, -0.25) is 9.59 Å². The number of hydrogen-bond acceptors (Lipinski definition) is 4. The fourth-order valence-electron chi connectivity index (χ4n) is 3.57. The molecule has 1 saturated carbocycles. The van der Waals surface area contributed by atoms with E-state index >= 15 is 0 Å². The molecule has 1 aliphatic rings. The number of nitrogens with zero attached hydrogens (tertiary/aromatic N) is 1. The fourth-order valence-corrected chi connectivity index (χ4v) is 5.05. The molecule has 32 heavy (non-hydrogen) atoms. The monoisotopic (exact) mass is 515 g/mol. The first-order valence-electron chi connectivity index (χ1n) is 11.2. The SMILES string of the molecule is O=C(N[C@@H](CSCc1ccccc1)C(=O)NN=C1CCCCCCC1)c1ccccc1Br. The Balaban J connectivity index is 1.64. The van der Waals surface area contributed by atoms with E-state index in [1.807, 2.05) is 30.3 Å². The average Bonchev–Trinajstić information content (AvgIpc) is 2.78. The van der Waals surface area contributed by atoms with Crippen molar-refractivity contribution in [1.82, 2.24) is 10.7 Å². The summed E-state index contributed by atoms with van der Waals surface area (Å²) in [5, 5.41) is 7.32. The number of thioether (sulfide) groups is 1. The van der Waals surface area contributed by atoms with Crippen LogP contribution in [0.15, 0.2) is 64.2 Å². The standard InChI is InChI=1S/C25H30BrN3O2S/c26-22-16-10-9-15-21(22)24(30)27-23(18-32-17-19-11-5-4-6-12-19)25(31)29-28-20-13-7-2-1-3-8-14-20/h4-6,9-12,15-16,23H,1-3,7-8,13-14,17-18H2,(H,27,30)(H,29,31)/t23-/m0/s1. The highest BCUT2D eigenvalue weighted by molar-refractivity contribution is 9.10. The highest BCUT2D eigenvalue weighted by atomic mass is 79.9. The van der Waals surface area contributed by atoms with E-state index in [0.29, 0.717) is 15.8 Å². The Bertz CT molecular complexity index is 910. The lowest BCUT2D eigenvalue weighted by Gasteiger charge is -2.18. The maximum atomic E-state index is 13.0. The van der Waals surface area contributed by atoms with Gasteiger partial charge < -0.3 is 5.32 Å². The van der Waals surface area contributed by atoms with Gasteiger partial charge in [0, 0.05) is 21.7 Å². The van der Waals surface area contributed by atoms with Crippen LogP contribution in [-0.2, 0) is 10.5 Å². The third-order valence-corrected chi connectivity index (χ3v) is 7.19. The second-order valence-electron chi connectivity index (χ2n) is 7.93. The largest absolute Gasteiger partial charge is 0.339 e. The van der Waals surface area contributed by atoms with E-state index in [1.165, 1.54) is 24.8 Å². The molecule has 0 bridgehead atoms. The van der Waals surface area contributed by atoms with E-state index in [0.717, 1.165) is 37.1 Å². The number of carbonyl (C=O) groups is 2. The van der Waals surface area contributed by atoms with Crippen molar-refractivity contribution in [2.45, 2.75) is 56.7 Å². The molecule has 5 nitrogen and oxygen atoms in total. The van der Waals surface area contributed by atoms with Gasteiger partial charge in [-0.1, -0.05) is 61.7 Å². The third-order valence-electron chi connectivity index (χ3n) is 5.39. The van der Waals surface area contributed by atoms with Gasteiger partial charge in [0.15, 0.2) is 0 Å². The van der Waals surface area contributed by atoms with Gasteiger partial charge in [-0.2, -0.15) is 16.9 Å². The van der Waals surface area contributed by atoms with Gasteiger partial charge in [-0.05, 0) is 59.3 Å². The van der Waals surface area contributed by atoms with Gasteiger partial charge in [0.25, 0.3) is 11.8 Å². The summed E-state index contributed by atoms with van der Waals surface area (Å²) in [5.41, 5.74) is 5.47. The number of benzene rings is 2. The predicted molar refractivity (Wildman–Crippen MR) is 136 cm³/mol. The van der Waals surface area contributed by atoms with E-state index in [1.54, 1.807) is 23.9 Å². The Labute approximate surface area is 203 Å². The molecule has 0 spiro atoms. The molecule has 1 atom stereocenters. The number of rotatable bonds is 8. The molecule has 2 aromatic carbocycles. The van der Waals surface area contributed by atoms with Crippen LogP contribution in [0.3, 0.4) is 0 Å². The van der Waals surface area contributed by atoms with Crippen molar-refractivity contribution in [3.63, 3.8) is 0 Å². The van der Waals surface area contributed by atoms with Crippen LogP contribution < -0.4 is 10.7 Å². The molecule has 0 unspecified atom stereocenters. The molecule has 0 saturated heterocycles. The molecule has 0 heterocycles. The van der Waals surface area contributed by atoms with E-state index in [2.05, 4.69) is 43.9 Å². The van der Waals surface area contributed by atoms with Gasteiger partial charge >= 0.3 is 0 Å². The molecule has 2 aromatic rings. The Kier molecular flexibility index (Phi) is 10.3. The molecule has 3 rings (SSSR count). The summed E-state index contributed by atoms with van der Waals surface area (Å²) in [4.78, 5) is 25.8. The molecule has 1 fully saturated rings. The molecule has 170 valence electrons. The maximum Gasteiger partial charge on any atom is 0.263 e. The van der Waals surface area contributed by atoms with Crippen LogP contribution in [0.25, 0.3) is 0 Å². The van der Waals surface area contributed by atoms with E-state index in [4.69, 9.17) is 0 Å². The zero-order valence-corrected chi connectivity index (χ0v) is 20.6. The number of nitrogens with one attached hydrogen (secondary N) is 2. The van der Waals surface area contributed by atoms with Crippen molar-refractivity contribution in [1.29, 1.82) is 0 Å². The van der Waals surface area contributed by atoms with Gasteiger partial charge in [-0.15, -0.1) is 0 Å². The quantitative estimate of drug-likeness (QED) is 0.443. The van der Waals surface area contributed by atoms with Gasteiger partial charge in [0.2, 0.25) is 0 Å². The minimum Gasteiger partial charge on any atom is -0.339 e. The van der Waals surface area contributed by atoms with Crippen LogP contribution >= 0.6 is 27.7 Å². The molecule has 7 heteroatoms. The summed E-state index contributed by atoms with van der Waals surface area (Å²) < 4.78 is 0.698. The summed E-state index contributed by atoms with van der Waals surface area (Å²) >= 11 is 5.03. The highest BCUT2D eigenvalue weighted by Crippen LogP contribution is 2.18. The summed E-state index contributed by atoms with van der Waals surface area (Å²) in [6.45, 7) is 0. The molecule has 1 aliphatic carbocycles. The Morgan fingerprint density at radius 1 is 0.938 bits per heavy atom. The normalized spacial score (nSPS) is 15.2. The zero-order valence-electron chi connectivity index (χ0n) is 18.2. The topological polar surface area (TPSA) is 70.6 Å². The number of halogens is 1. The number of carbonyl (C=O) groups excluding carboxylic acids is 2. The lowest BCUT2D eigenvalue weighted by molar-refractivity contribution is -0.122. The smallest absolute Gasteiger partial charge is 0.263 e. The van der Waals surface area contributed by atoms with Crippen molar-refractivity contribution < 1.29 is 9.59 Å². The fraction of sp³-hybridized carbons (Fsp3) is 0.400. The van der Waals surface area contributed by atoms with E-state index in [-0.39, 0.29) is 11.8 Å². The van der Waals surface area contributed by atoms with Crippen molar-refractivity contribution in [2.24, 2.45) is 5.10 Å².